The number of aldehydes is 1. The number of halogens is 1. The maximum absolute atomic E-state index is 11.4. The van der Waals surface area contributed by atoms with Crippen LogP contribution in [0.1, 0.15) is 23.0 Å². The quantitative estimate of drug-likeness (QED) is 0.685. The molecule has 1 aromatic heterocycles. The number of para-hydroxylation sites is 1. The van der Waals surface area contributed by atoms with Crippen LogP contribution in [-0.4, -0.2) is 21.3 Å². The summed E-state index contributed by atoms with van der Waals surface area (Å²) in [6, 6.07) is 15.3. The number of nitrogens with zero attached hydrogens (tertiary/aromatic N) is 3. The maximum atomic E-state index is 11.4. The largest absolute Gasteiger partial charge is 0.296 e. The second kappa shape index (κ2) is 6.12. The van der Waals surface area contributed by atoms with E-state index in [2.05, 4.69) is 17.2 Å². The van der Waals surface area contributed by atoms with Crippen molar-refractivity contribution < 1.29 is 4.79 Å². The van der Waals surface area contributed by atoms with E-state index in [0.717, 1.165) is 23.2 Å². The number of hydrogen-bond acceptors (Lipinski definition) is 3. The summed E-state index contributed by atoms with van der Waals surface area (Å²) in [5, 5.41) is 8.71. The predicted molar refractivity (Wildman–Crippen MR) is 86.6 cm³/mol. The lowest BCUT2D eigenvalue weighted by molar-refractivity contribution is 0.111. The summed E-state index contributed by atoms with van der Waals surface area (Å²) in [6.07, 6.45) is 1.56. The summed E-state index contributed by atoms with van der Waals surface area (Å²) in [5.74, 6) is 0. The molecule has 0 saturated heterocycles. The Morgan fingerprint density at radius 3 is 2.59 bits per heavy atom. The second-order valence-corrected chi connectivity index (χ2v) is 5.22. The van der Waals surface area contributed by atoms with Crippen molar-refractivity contribution in [2.75, 3.05) is 0 Å². The zero-order chi connectivity index (χ0) is 15.5. The van der Waals surface area contributed by atoms with Crippen molar-refractivity contribution in [1.82, 2.24) is 15.0 Å². The molecule has 0 aliphatic rings. The number of carbonyl (C=O) groups is 1. The number of benzene rings is 2. The van der Waals surface area contributed by atoms with Gasteiger partial charge in [-0.15, -0.1) is 5.10 Å². The van der Waals surface area contributed by atoms with Crippen LogP contribution >= 0.6 is 11.6 Å². The van der Waals surface area contributed by atoms with Crippen molar-refractivity contribution in [3.8, 4) is 16.9 Å². The van der Waals surface area contributed by atoms with Crippen LogP contribution in [0.15, 0.2) is 48.5 Å². The average Bonchev–Trinajstić information content (AvgIpc) is 2.98. The van der Waals surface area contributed by atoms with E-state index in [1.165, 1.54) is 0 Å². The van der Waals surface area contributed by atoms with Gasteiger partial charge in [0.2, 0.25) is 0 Å². The van der Waals surface area contributed by atoms with E-state index in [1.54, 1.807) is 10.7 Å². The number of rotatable bonds is 4. The molecule has 0 saturated carbocycles. The Kier molecular flexibility index (Phi) is 4.02. The zero-order valence-corrected chi connectivity index (χ0v) is 12.8. The number of hydrogen-bond donors (Lipinski definition) is 0. The molecule has 0 bridgehead atoms. The highest BCUT2D eigenvalue weighted by Gasteiger charge is 2.19. The van der Waals surface area contributed by atoms with Crippen molar-refractivity contribution in [2.24, 2.45) is 0 Å². The first-order valence-corrected chi connectivity index (χ1v) is 7.38. The summed E-state index contributed by atoms with van der Waals surface area (Å²) in [7, 11) is 0. The monoisotopic (exact) mass is 311 g/mol. The van der Waals surface area contributed by atoms with Crippen LogP contribution in [0, 0.1) is 0 Å². The van der Waals surface area contributed by atoms with Crippen molar-refractivity contribution in [1.29, 1.82) is 0 Å². The first kappa shape index (κ1) is 14.5. The molecule has 4 nitrogen and oxygen atoms in total. The van der Waals surface area contributed by atoms with E-state index < -0.39 is 0 Å². The van der Waals surface area contributed by atoms with Crippen LogP contribution in [0.4, 0.5) is 0 Å². The van der Waals surface area contributed by atoms with Crippen molar-refractivity contribution in [2.45, 2.75) is 13.3 Å². The minimum Gasteiger partial charge on any atom is -0.296 e. The molecule has 0 aliphatic heterocycles. The molecule has 1 heterocycles. The SMILES string of the molecule is CCc1ccccc1-n1nnc(C=O)c1-c1ccccc1Cl. The third kappa shape index (κ3) is 2.42. The highest BCUT2D eigenvalue weighted by molar-refractivity contribution is 6.33. The van der Waals surface area contributed by atoms with Crippen LogP contribution in [0.25, 0.3) is 16.9 Å². The molecule has 3 rings (SSSR count). The van der Waals surface area contributed by atoms with Crippen LogP contribution in [0.5, 0.6) is 0 Å². The molecule has 0 spiro atoms. The van der Waals surface area contributed by atoms with Gasteiger partial charge in [-0.05, 0) is 24.1 Å². The van der Waals surface area contributed by atoms with Crippen molar-refractivity contribution >= 4 is 17.9 Å². The zero-order valence-electron chi connectivity index (χ0n) is 12.0. The van der Waals surface area contributed by atoms with E-state index in [1.807, 2.05) is 42.5 Å². The minimum absolute atomic E-state index is 0.277. The number of aromatic nitrogens is 3. The molecular weight excluding hydrogens is 298 g/mol. The van der Waals surface area contributed by atoms with Gasteiger partial charge in [-0.2, -0.15) is 0 Å². The van der Waals surface area contributed by atoms with E-state index in [9.17, 15) is 4.79 Å². The summed E-state index contributed by atoms with van der Waals surface area (Å²) in [4.78, 5) is 11.4. The molecule has 5 heteroatoms. The highest BCUT2D eigenvalue weighted by Crippen LogP contribution is 2.31. The smallest absolute Gasteiger partial charge is 0.172 e. The molecule has 0 atom stereocenters. The third-order valence-corrected chi connectivity index (χ3v) is 3.87. The van der Waals surface area contributed by atoms with Gasteiger partial charge in [-0.25, -0.2) is 4.68 Å². The van der Waals surface area contributed by atoms with E-state index in [4.69, 9.17) is 11.6 Å². The summed E-state index contributed by atoms with van der Waals surface area (Å²) >= 11 is 6.29. The van der Waals surface area contributed by atoms with Gasteiger partial charge in [-0.3, -0.25) is 4.79 Å². The predicted octanol–water partition coefficient (Wildman–Crippen LogP) is 3.96. The highest BCUT2D eigenvalue weighted by atomic mass is 35.5. The number of carbonyl (C=O) groups excluding carboxylic acids is 1. The summed E-state index contributed by atoms with van der Waals surface area (Å²) in [5.41, 5.74) is 3.65. The fourth-order valence-electron chi connectivity index (χ4n) is 2.46. The van der Waals surface area contributed by atoms with E-state index in [-0.39, 0.29) is 5.69 Å². The van der Waals surface area contributed by atoms with Crippen LogP contribution in [0.2, 0.25) is 5.02 Å². The Morgan fingerprint density at radius 1 is 1.14 bits per heavy atom. The molecule has 0 amide bonds. The van der Waals surface area contributed by atoms with Gasteiger partial charge in [0.05, 0.1) is 10.7 Å². The Labute approximate surface area is 133 Å². The molecular formula is C17H14ClN3O. The molecule has 0 aliphatic carbocycles. The Balaban J connectivity index is 2.29. The molecule has 110 valence electrons. The summed E-state index contributed by atoms with van der Waals surface area (Å²) < 4.78 is 1.68. The molecule has 0 N–H and O–H groups in total. The Bertz CT molecular complexity index is 826. The lowest BCUT2D eigenvalue weighted by Crippen LogP contribution is -2.03. The Hall–Kier alpha value is -2.46. The van der Waals surface area contributed by atoms with E-state index >= 15 is 0 Å². The third-order valence-electron chi connectivity index (χ3n) is 3.54. The van der Waals surface area contributed by atoms with Gasteiger partial charge in [0.1, 0.15) is 5.69 Å². The first-order chi connectivity index (χ1) is 10.8. The van der Waals surface area contributed by atoms with Crippen LogP contribution in [0.3, 0.4) is 0 Å². The normalized spacial score (nSPS) is 10.6. The van der Waals surface area contributed by atoms with Gasteiger partial charge in [0, 0.05) is 5.56 Å². The summed E-state index contributed by atoms with van der Waals surface area (Å²) in [6.45, 7) is 2.07. The van der Waals surface area contributed by atoms with Gasteiger partial charge in [0.15, 0.2) is 12.0 Å². The molecule has 0 unspecified atom stereocenters. The van der Waals surface area contributed by atoms with Gasteiger partial charge in [0.25, 0.3) is 0 Å². The van der Waals surface area contributed by atoms with Crippen LogP contribution in [-0.2, 0) is 6.42 Å². The molecule has 3 aromatic rings. The van der Waals surface area contributed by atoms with Gasteiger partial charge < -0.3 is 0 Å². The van der Waals surface area contributed by atoms with Crippen molar-refractivity contribution in [3.05, 3.63) is 64.8 Å². The van der Waals surface area contributed by atoms with Crippen LogP contribution < -0.4 is 0 Å². The molecule has 22 heavy (non-hydrogen) atoms. The lowest BCUT2D eigenvalue weighted by atomic mass is 10.1. The molecule has 0 radical (unpaired) electrons. The van der Waals surface area contributed by atoms with E-state index in [0.29, 0.717) is 17.0 Å². The average molecular weight is 312 g/mol. The minimum atomic E-state index is 0.277. The fourth-order valence-corrected chi connectivity index (χ4v) is 2.69. The maximum Gasteiger partial charge on any atom is 0.172 e. The standard InChI is InChI=1S/C17H14ClN3O/c1-2-12-7-3-6-10-16(12)21-17(15(11-22)19-20-21)13-8-4-5-9-14(13)18/h3-11H,2H2,1H3. The van der Waals surface area contributed by atoms with Gasteiger partial charge >= 0.3 is 0 Å². The van der Waals surface area contributed by atoms with Gasteiger partial charge in [-0.1, -0.05) is 60.1 Å². The van der Waals surface area contributed by atoms with Crippen molar-refractivity contribution in [3.63, 3.8) is 0 Å². The second-order valence-electron chi connectivity index (χ2n) is 4.82. The first-order valence-electron chi connectivity index (χ1n) is 7.00. The fraction of sp³-hybridized carbons (Fsp3) is 0.118. The lowest BCUT2D eigenvalue weighted by Gasteiger charge is -2.11. The number of aryl methyl sites for hydroxylation is 1. The topological polar surface area (TPSA) is 47.8 Å². The Morgan fingerprint density at radius 2 is 1.86 bits per heavy atom. The molecule has 0 fully saturated rings. The molecule has 2 aromatic carbocycles.